The van der Waals surface area contributed by atoms with Gasteiger partial charge in [-0.2, -0.15) is 5.26 Å². The Bertz CT molecular complexity index is 2580. The third kappa shape index (κ3) is 9.74. The summed E-state index contributed by atoms with van der Waals surface area (Å²) < 4.78 is 18.9. The van der Waals surface area contributed by atoms with Crippen LogP contribution in [0.4, 0.5) is 0 Å². The van der Waals surface area contributed by atoms with Gasteiger partial charge in [-0.15, -0.1) is 0 Å². The number of hydrogen-bond acceptors (Lipinski definition) is 7. The molecule has 8 rings (SSSR count). The molecule has 1 unspecified atom stereocenters. The Balaban J connectivity index is 0.998. The summed E-state index contributed by atoms with van der Waals surface area (Å²) in [7, 11) is 0. The molecule has 0 saturated heterocycles. The third-order valence-electron chi connectivity index (χ3n) is 11.5. The van der Waals surface area contributed by atoms with E-state index in [-0.39, 0.29) is 24.5 Å². The van der Waals surface area contributed by atoms with Gasteiger partial charge in [0.1, 0.15) is 25.0 Å². The van der Waals surface area contributed by atoms with Gasteiger partial charge in [-0.1, -0.05) is 121 Å². The Hall–Kier alpha value is -6.31. The van der Waals surface area contributed by atoms with Gasteiger partial charge in [-0.25, -0.2) is 4.79 Å². The van der Waals surface area contributed by atoms with Crippen molar-refractivity contribution in [2.24, 2.45) is 0 Å². The molecule has 0 fully saturated rings. The smallest absolute Gasteiger partial charge is 0.326 e. The van der Waals surface area contributed by atoms with Crippen molar-refractivity contribution in [3.63, 3.8) is 0 Å². The number of carboxylic acids is 1. The molecule has 2 aliphatic heterocycles. The topological polar surface area (TPSA) is 121 Å². The molecule has 314 valence electrons. The molecule has 0 bridgehead atoms. The van der Waals surface area contributed by atoms with Crippen LogP contribution in [0.2, 0.25) is 10.0 Å². The predicted octanol–water partition coefficient (Wildman–Crippen LogP) is 10.7. The summed E-state index contributed by atoms with van der Waals surface area (Å²) >= 11 is 12.2. The Labute approximate surface area is 371 Å². The molecule has 11 heteroatoms. The third-order valence-corrected chi connectivity index (χ3v) is 12.3. The van der Waals surface area contributed by atoms with Crippen LogP contribution in [0.15, 0.2) is 133 Å². The summed E-state index contributed by atoms with van der Waals surface area (Å²) in [6, 6.07) is 42.5. The Morgan fingerprint density at radius 3 is 2.23 bits per heavy atom. The number of halogens is 2. The largest absolute Gasteiger partial charge is 0.489 e. The first-order valence-corrected chi connectivity index (χ1v) is 21.5. The molecular weight excluding hydrogens is 821 g/mol. The summed E-state index contributed by atoms with van der Waals surface area (Å²) in [4.78, 5) is 29.4. The monoisotopic (exact) mass is 865 g/mol. The van der Waals surface area contributed by atoms with Gasteiger partial charge in [0.2, 0.25) is 5.91 Å². The van der Waals surface area contributed by atoms with Crippen molar-refractivity contribution in [2.45, 2.75) is 70.0 Å². The highest BCUT2D eigenvalue weighted by Crippen LogP contribution is 2.43. The molecule has 2 aliphatic rings. The number of benzene rings is 6. The van der Waals surface area contributed by atoms with Crippen molar-refractivity contribution in [3.05, 3.63) is 182 Å². The van der Waals surface area contributed by atoms with Crippen LogP contribution in [0, 0.1) is 11.3 Å². The lowest BCUT2D eigenvalue weighted by Crippen LogP contribution is -2.55. The number of carbonyl (C=O) groups is 2. The first kappa shape index (κ1) is 42.4. The Morgan fingerprint density at radius 2 is 1.55 bits per heavy atom. The maximum atomic E-state index is 14.5. The lowest BCUT2D eigenvalue weighted by Gasteiger charge is -2.42. The van der Waals surface area contributed by atoms with Gasteiger partial charge in [0.05, 0.1) is 27.7 Å². The molecule has 6 aromatic rings. The number of carbonyl (C=O) groups excluding carboxylic acids is 1. The van der Waals surface area contributed by atoms with Crippen LogP contribution in [-0.4, -0.2) is 40.6 Å². The molecule has 0 aromatic heterocycles. The SMILES string of the molecule is CCC[C@@H](c1ccccc1)N1Cc2cc3c(cc2C[C@H]1C(=O)NC(Cc1ccc(-c2ccc(C#N)cc2)cc1)C(=O)O)OC[C@H](c1ccc(OCc2ccc(Cl)c(Cl)c2)cc1)O3. The second-order valence-electron chi connectivity index (χ2n) is 15.7. The van der Waals surface area contributed by atoms with Gasteiger partial charge in [0.25, 0.3) is 0 Å². The average molecular weight is 867 g/mol. The zero-order valence-electron chi connectivity index (χ0n) is 34.1. The first-order valence-electron chi connectivity index (χ1n) is 20.7. The van der Waals surface area contributed by atoms with E-state index in [1.807, 2.05) is 97.1 Å². The highest BCUT2D eigenvalue weighted by atomic mass is 35.5. The molecule has 62 heavy (non-hydrogen) atoms. The Morgan fingerprint density at radius 1 is 0.855 bits per heavy atom. The van der Waals surface area contributed by atoms with Gasteiger partial charge < -0.3 is 24.6 Å². The van der Waals surface area contributed by atoms with Crippen molar-refractivity contribution in [1.82, 2.24) is 10.2 Å². The van der Waals surface area contributed by atoms with Gasteiger partial charge in [0, 0.05) is 19.0 Å². The molecule has 0 aliphatic carbocycles. The predicted molar refractivity (Wildman–Crippen MR) is 240 cm³/mol. The highest BCUT2D eigenvalue weighted by molar-refractivity contribution is 6.42. The second-order valence-corrected chi connectivity index (χ2v) is 16.5. The highest BCUT2D eigenvalue weighted by Gasteiger charge is 2.39. The normalized spacial score (nSPS) is 16.6. The number of nitriles is 1. The lowest BCUT2D eigenvalue weighted by molar-refractivity contribution is -0.143. The summed E-state index contributed by atoms with van der Waals surface area (Å²) in [5.41, 5.74) is 8.17. The van der Waals surface area contributed by atoms with Crippen molar-refractivity contribution in [1.29, 1.82) is 5.26 Å². The standard InChI is InChI=1S/C51H45Cl2N3O6/c1-2-6-45(37-7-4-3-5-8-37)56-29-40-27-48-47(61-31-49(62-48)38-18-20-41(21-19-38)60-30-34-13-22-42(52)43(53)23-34)26-39(40)25-46(56)50(57)55-44(51(58)59)24-32-9-14-35(15-10-32)36-16-11-33(28-54)12-17-36/h3-5,7-23,26-27,44-46,49H,2,6,24-25,29-31H2,1H3,(H,55,57)(H,58,59)/t44?,45-,46-,49+/m0/s1. The lowest BCUT2D eigenvalue weighted by atomic mass is 9.88. The van der Waals surface area contributed by atoms with Gasteiger partial charge in [-0.05, 0) is 106 Å². The fourth-order valence-electron chi connectivity index (χ4n) is 8.23. The van der Waals surface area contributed by atoms with Crippen molar-refractivity contribution in [3.8, 4) is 34.4 Å². The fraction of sp³-hybridized carbons (Fsp3) is 0.235. The molecule has 1 amide bonds. The molecule has 2 N–H and O–H groups in total. The maximum absolute atomic E-state index is 14.5. The minimum Gasteiger partial charge on any atom is -0.489 e. The van der Waals surface area contributed by atoms with E-state index in [0.29, 0.717) is 59.0 Å². The number of ether oxygens (including phenoxy) is 3. The maximum Gasteiger partial charge on any atom is 0.326 e. The molecule has 0 saturated carbocycles. The molecule has 0 spiro atoms. The van der Waals surface area contributed by atoms with E-state index < -0.39 is 18.1 Å². The van der Waals surface area contributed by atoms with Crippen LogP contribution in [0.25, 0.3) is 11.1 Å². The summed E-state index contributed by atoms with van der Waals surface area (Å²) in [5.74, 6) is 0.494. The van der Waals surface area contributed by atoms with E-state index in [1.54, 1.807) is 24.3 Å². The summed E-state index contributed by atoms with van der Waals surface area (Å²) in [5, 5.41) is 23.5. The van der Waals surface area contributed by atoms with Crippen LogP contribution >= 0.6 is 23.2 Å². The number of amides is 1. The van der Waals surface area contributed by atoms with E-state index in [0.717, 1.165) is 57.3 Å². The number of rotatable bonds is 14. The number of nitrogens with one attached hydrogen (secondary N) is 1. The van der Waals surface area contributed by atoms with Crippen molar-refractivity contribution >= 4 is 35.1 Å². The zero-order chi connectivity index (χ0) is 43.2. The van der Waals surface area contributed by atoms with E-state index in [9.17, 15) is 14.7 Å². The summed E-state index contributed by atoms with van der Waals surface area (Å²) in [6.45, 7) is 3.23. The van der Waals surface area contributed by atoms with Crippen LogP contribution in [0.1, 0.15) is 70.9 Å². The minimum atomic E-state index is -1.15. The number of nitrogens with zero attached hydrogens (tertiary/aromatic N) is 2. The van der Waals surface area contributed by atoms with Gasteiger partial charge in [-0.3, -0.25) is 9.69 Å². The zero-order valence-corrected chi connectivity index (χ0v) is 35.6. The molecule has 2 heterocycles. The van der Waals surface area contributed by atoms with E-state index in [4.69, 9.17) is 42.7 Å². The van der Waals surface area contributed by atoms with E-state index in [2.05, 4.69) is 35.3 Å². The number of aliphatic carboxylic acids is 1. The van der Waals surface area contributed by atoms with Gasteiger partial charge in [0.15, 0.2) is 17.6 Å². The Kier molecular flexibility index (Phi) is 13.1. The van der Waals surface area contributed by atoms with Crippen molar-refractivity contribution in [2.75, 3.05) is 6.61 Å². The van der Waals surface area contributed by atoms with Crippen LogP contribution < -0.4 is 19.5 Å². The van der Waals surface area contributed by atoms with E-state index in [1.165, 1.54) is 0 Å². The fourth-order valence-corrected chi connectivity index (χ4v) is 8.55. The minimum absolute atomic E-state index is 0.0958. The van der Waals surface area contributed by atoms with Crippen LogP contribution in [0.3, 0.4) is 0 Å². The molecule has 4 atom stereocenters. The van der Waals surface area contributed by atoms with Crippen LogP contribution in [-0.2, 0) is 35.6 Å². The second kappa shape index (κ2) is 19.2. The van der Waals surface area contributed by atoms with Crippen molar-refractivity contribution < 1.29 is 28.9 Å². The number of fused-ring (bicyclic) bond motifs is 2. The molecule has 0 radical (unpaired) electrons. The average Bonchev–Trinajstić information content (AvgIpc) is 3.30. The summed E-state index contributed by atoms with van der Waals surface area (Å²) in [6.07, 6.45) is 1.82. The first-order chi connectivity index (χ1) is 30.1. The molecular formula is C51H45Cl2N3O6. The van der Waals surface area contributed by atoms with Gasteiger partial charge >= 0.3 is 5.97 Å². The quantitative estimate of drug-likeness (QED) is 0.111. The number of hydrogen-bond donors (Lipinski definition) is 2. The van der Waals surface area contributed by atoms with E-state index >= 15 is 0 Å². The van der Waals surface area contributed by atoms with Crippen LogP contribution in [0.5, 0.6) is 17.2 Å². The number of carboxylic acid groups (broad SMARTS) is 1. The molecule has 9 nitrogen and oxygen atoms in total. The molecule has 6 aromatic carbocycles.